The molecular formula is C13H22N2S. The van der Waals surface area contributed by atoms with Crippen molar-refractivity contribution in [3.8, 4) is 0 Å². The zero-order chi connectivity index (χ0) is 11.4. The van der Waals surface area contributed by atoms with Crippen LogP contribution in [0.15, 0.2) is 17.5 Å². The molecule has 1 aromatic heterocycles. The van der Waals surface area contributed by atoms with Gasteiger partial charge in [-0.15, -0.1) is 11.3 Å². The van der Waals surface area contributed by atoms with E-state index in [0.29, 0.717) is 6.04 Å². The molecule has 0 amide bonds. The second-order valence-corrected chi connectivity index (χ2v) is 5.50. The Bertz CT molecular complexity index is 291. The van der Waals surface area contributed by atoms with E-state index < -0.39 is 0 Å². The quantitative estimate of drug-likeness (QED) is 0.867. The molecule has 90 valence electrons. The summed E-state index contributed by atoms with van der Waals surface area (Å²) in [5.74, 6) is 0. The second-order valence-electron chi connectivity index (χ2n) is 4.52. The van der Waals surface area contributed by atoms with E-state index in [2.05, 4.69) is 41.6 Å². The summed E-state index contributed by atoms with van der Waals surface area (Å²) in [7, 11) is 0. The van der Waals surface area contributed by atoms with Crippen molar-refractivity contribution in [2.75, 3.05) is 19.6 Å². The van der Waals surface area contributed by atoms with Gasteiger partial charge in [0.1, 0.15) is 0 Å². The summed E-state index contributed by atoms with van der Waals surface area (Å²) in [6, 6.07) is 5.70. The number of hydrogen-bond donors (Lipinski definition) is 1. The molecule has 3 heteroatoms. The first-order chi connectivity index (χ1) is 7.83. The minimum absolute atomic E-state index is 0.565. The van der Waals surface area contributed by atoms with Crippen molar-refractivity contribution in [3.05, 3.63) is 22.4 Å². The van der Waals surface area contributed by atoms with Crippen molar-refractivity contribution in [2.24, 2.45) is 0 Å². The van der Waals surface area contributed by atoms with E-state index in [1.54, 1.807) is 0 Å². The summed E-state index contributed by atoms with van der Waals surface area (Å²) >= 11 is 1.88. The lowest BCUT2D eigenvalue weighted by molar-refractivity contribution is 0.130. The smallest absolute Gasteiger partial charge is 0.0416 e. The third-order valence-corrected chi connectivity index (χ3v) is 4.60. The normalized spacial score (nSPS) is 23.6. The molecule has 2 rings (SSSR count). The van der Waals surface area contributed by atoms with Crippen LogP contribution in [-0.4, -0.2) is 30.6 Å². The number of nitrogens with zero attached hydrogens (tertiary/aromatic N) is 1. The van der Waals surface area contributed by atoms with Crippen LogP contribution >= 0.6 is 11.3 Å². The van der Waals surface area contributed by atoms with Gasteiger partial charge in [0, 0.05) is 23.5 Å². The molecule has 0 aromatic carbocycles. The zero-order valence-electron chi connectivity index (χ0n) is 10.3. The summed E-state index contributed by atoms with van der Waals surface area (Å²) < 4.78 is 0. The molecule has 0 aliphatic carbocycles. The highest BCUT2D eigenvalue weighted by molar-refractivity contribution is 7.10. The third kappa shape index (κ3) is 2.65. The number of nitrogens with one attached hydrogen (secondary N) is 1. The van der Waals surface area contributed by atoms with Crippen LogP contribution in [-0.2, 0) is 0 Å². The number of likely N-dealkylation sites (N-methyl/N-ethyl adjacent to an activating group) is 1. The van der Waals surface area contributed by atoms with Gasteiger partial charge >= 0.3 is 0 Å². The van der Waals surface area contributed by atoms with E-state index in [4.69, 9.17) is 0 Å². The summed E-state index contributed by atoms with van der Waals surface area (Å²) in [6.45, 7) is 8.11. The molecule has 16 heavy (non-hydrogen) atoms. The number of piperidine rings is 1. The van der Waals surface area contributed by atoms with Crippen LogP contribution in [0.2, 0.25) is 0 Å². The topological polar surface area (TPSA) is 15.3 Å². The Balaban J connectivity index is 2.03. The molecule has 2 atom stereocenters. The molecule has 0 saturated carbocycles. The van der Waals surface area contributed by atoms with E-state index >= 15 is 0 Å². The van der Waals surface area contributed by atoms with Gasteiger partial charge in [0.2, 0.25) is 0 Å². The van der Waals surface area contributed by atoms with Crippen LogP contribution in [0.5, 0.6) is 0 Å². The average Bonchev–Trinajstić information content (AvgIpc) is 2.85. The summed E-state index contributed by atoms with van der Waals surface area (Å²) in [4.78, 5) is 4.13. The molecule has 2 heterocycles. The first-order valence-corrected chi connectivity index (χ1v) is 7.20. The van der Waals surface area contributed by atoms with Gasteiger partial charge in [0.05, 0.1) is 0 Å². The zero-order valence-corrected chi connectivity index (χ0v) is 11.1. The lowest BCUT2D eigenvalue weighted by atomic mass is 10.0. The van der Waals surface area contributed by atoms with Gasteiger partial charge in [-0.3, -0.25) is 4.90 Å². The molecule has 1 aromatic rings. The van der Waals surface area contributed by atoms with E-state index in [0.717, 1.165) is 19.1 Å². The molecule has 0 radical (unpaired) electrons. The maximum Gasteiger partial charge on any atom is 0.0416 e. The number of thiophene rings is 1. The molecule has 0 spiro atoms. The highest BCUT2D eigenvalue weighted by atomic mass is 32.1. The summed E-state index contributed by atoms with van der Waals surface area (Å²) in [5, 5.41) is 5.69. The monoisotopic (exact) mass is 238 g/mol. The van der Waals surface area contributed by atoms with Gasteiger partial charge in [0.15, 0.2) is 0 Å². The van der Waals surface area contributed by atoms with Gasteiger partial charge in [-0.1, -0.05) is 13.0 Å². The standard InChI is InChI=1S/C13H22N2S/c1-3-15(12-6-4-8-14-10-12)11(2)13-7-5-9-16-13/h5,7,9,11-12,14H,3-4,6,8,10H2,1-2H3. The van der Waals surface area contributed by atoms with Crippen LogP contribution in [0.4, 0.5) is 0 Å². The van der Waals surface area contributed by atoms with Crippen LogP contribution < -0.4 is 5.32 Å². The van der Waals surface area contributed by atoms with Crippen LogP contribution in [0.1, 0.15) is 37.6 Å². The molecule has 2 nitrogen and oxygen atoms in total. The Kier molecular flexibility index (Phi) is 4.38. The highest BCUT2D eigenvalue weighted by Crippen LogP contribution is 2.27. The van der Waals surface area contributed by atoms with E-state index in [-0.39, 0.29) is 0 Å². The number of rotatable bonds is 4. The molecule has 0 bridgehead atoms. The Morgan fingerprint density at radius 1 is 1.62 bits per heavy atom. The fraction of sp³-hybridized carbons (Fsp3) is 0.692. The van der Waals surface area contributed by atoms with Gasteiger partial charge in [-0.2, -0.15) is 0 Å². The Morgan fingerprint density at radius 3 is 3.06 bits per heavy atom. The summed E-state index contributed by atoms with van der Waals surface area (Å²) in [6.07, 6.45) is 2.66. The average molecular weight is 238 g/mol. The van der Waals surface area contributed by atoms with E-state index in [9.17, 15) is 0 Å². The first-order valence-electron chi connectivity index (χ1n) is 6.32. The predicted molar refractivity (Wildman–Crippen MR) is 71.0 cm³/mol. The van der Waals surface area contributed by atoms with Crippen molar-refractivity contribution in [1.82, 2.24) is 10.2 Å². The van der Waals surface area contributed by atoms with Crippen LogP contribution in [0.25, 0.3) is 0 Å². The van der Waals surface area contributed by atoms with Crippen LogP contribution in [0.3, 0.4) is 0 Å². The Morgan fingerprint density at radius 2 is 2.50 bits per heavy atom. The van der Waals surface area contributed by atoms with Crippen LogP contribution in [0, 0.1) is 0 Å². The van der Waals surface area contributed by atoms with E-state index in [1.165, 1.54) is 24.3 Å². The number of hydrogen-bond acceptors (Lipinski definition) is 3. The maximum atomic E-state index is 3.51. The lowest BCUT2D eigenvalue weighted by Crippen LogP contribution is -2.46. The largest absolute Gasteiger partial charge is 0.315 e. The lowest BCUT2D eigenvalue weighted by Gasteiger charge is -2.37. The van der Waals surface area contributed by atoms with Crippen molar-refractivity contribution in [2.45, 2.75) is 38.8 Å². The molecule has 1 aliphatic heterocycles. The van der Waals surface area contributed by atoms with Gasteiger partial charge in [-0.05, 0) is 44.3 Å². The van der Waals surface area contributed by atoms with Crippen molar-refractivity contribution >= 4 is 11.3 Å². The molecule has 1 aliphatic rings. The highest BCUT2D eigenvalue weighted by Gasteiger charge is 2.24. The molecular weight excluding hydrogens is 216 g/mol. The van der Waals surface area contributed by atoms with E-state index in [1.807, 2.05) is 11.3 Å². The van der Waals surface area contributed by atoms with Gasteiger partial charge in [0.25, 0.3) is 0 Å². The summed E-state index contributed by atoms with van der Waals surface area (Å²) in [5.41, 5.74) is 0. The fourth-order valence-electron chi connectivity index (χ4n) is 2.66. The van der Waals surface area contributed by atoms with Crippen molar-refractivity contribution < 1.29 is 0 Å². The maximum absolute atomic E-state index is 3.51. The SMILES string of the molecule is CCN(C1CCCNC1)C(C)c1cccs1. The molecule has 1 fully saturated rings. The Labute approximate surface area is 103 Å². The third-order valence-electron chi connectivity index (χ3n) is 3.56. The van der Waals surface area contributed by atoms with Gasteiger partial charge in [-0.25, -0.2) is 0 Å². The second kappa shape index (κ2) is 5.80. The van der Waals surface area contributed by atoms with Crippen molar-refractivity contribution in [3.63, 3.8) is 0 Å². The molecule has 1 N–H and O–H groups in total. The Hall–Kier alpha value is -0.380. The van der Waals surface area contributed by atoms with Crippen molar-refractivity contribution in [1.29, 1.82) is 0 Å². The minimum Gasteiger partial charge on any atom is -0.315 e. The molecule has 1 saturated heterocycles. The fourth-order valence-corrected chi connectivity index (χ4v) is 3.46. The predicted octanol–water partition coefficient (Wildman–Crippen LogP) is 2.88. The minimum atomic E-state index is 0.565. The van der Waals surface area contributed by atoms with Gasteiger partial charge < -0.3 is 5.32 Å². The molecule has 2 unspecified atom stereocenters. The first kappa shape index (κ1) is 12.1.